The number of rotatable bonds is 1. The van der Waals surface area contributed by atoms with Crippen LogP contribution in [0.4, 0.5) is 0 Å². The lowest BCUT2D eigenvalue weighted by atomic mass is 9.93. The lowest BCUT2D eigenvalue weighted by Crippen LogP contribution is -2.42. The molecule has 5 heteroatoms. The summed E-state index contributed by atoms with van der Waals surface area (Å²) in [7, 11) is -0.703. The Hall–Kier alpha value is -5.29. The van der Waals surface area contributed by atoms with E-state index in [4.69, 9.17) is 14.3 Å². The van der Waals surface area contributed by atoms with E-state index in [1.807, 2.05) is 6.07 Å². The fourth-order valence-electron chi connectivity index (χ4n) is 6.16. The van der Waals surface area contributed by atoms with Gasteiger partial charge in [-0.05, 0) is 75.7 Å². The molecular formula is C35H21BN2O2. The van der Waals surface area contributed by atoms with Crippen molar-refractivity contribution in [2.75, 3.05) is 0 Å². The van der Waals surface area contributed by atoms with Crippen LogP contribution in [-0.2, 0) is 0 Å². The molecule has 0 saturated heterocycles. The van der Waals surface area contributed by atoms with Crippen molar-refractivity contribution in [1.29, 1.82) is 0 Å². The smallest absolute Gasteiger partial charge is 0.506 e. The van der Waals surface area contributed by atoms with Gasteiger partial charge in [0.25, 0.3) is 0 Å². The topological polar surface area (TPSA) is 35.8 Å². The number of allylic oxidation sites excluding steroid dienone is 2. The summed E-state index contributed by atoms with van der Waals surface area (Å²) < 4.78 is 15.8. The molecule has 4 nitrogen and oxygen atoms in total. The number of fused-ring (bicyclic) bond motifs is 7. The van der Waals surface area contributed by atoms with E-state index in [0.717, 1.165) is 72.7 Å². The van der Waals surface area contributed by atoms with Gasteiger partial charge in [-0.1, -0.05) is 78.9 Å². The molecule has 0 amide bonds. The third-order valence-corrected chi connectivity index (χ3v) is 8.05. The molecule has 1 aromatic heterocycles. The van der Waals surface area contributed by atoms with Crippen molar-refractivity contribution in [3.63, 3.8) is 0 Å². The molecule has 0 unspecified atom stereocenters. The Kier molecular flexibility index (Phi) is 4.38. The first-order valence-corrected chi connectivity index (χ1v) is 13.5. The second-order valence-electron chi connectivity index (χ2n) is 10.4. The van der Waals surface area contributed by atoms with Gasteiger partial charge >= 0.3 is 7.25 Å². The fraction of sp³-hybridized carbons (Fsp3) is 0. The van der Waals surface area contributed by atoms with Gasteiger partial charge in [0, 0.05) is 28.1 Å². The van der Waals surface area contributed by atoms with Crippen LogP contribution in [0, 0.1) is 0 Å². The van der Waals surface area contributed by atoms with Gasteiger partial charge < -0.3 is 13.8 Å². The summed E-state index contributed by atoms with van der Waals surface area (Å²) in [6, 6.07) is 40.1. The van der Waals surface area contributed by atoms with Crippen molar-refractivity contribution in [2.24, 2.45) is 4.99 Å². The maximum atomic E-state index is 6.85. The molecule has 0 atom stereocenters. The summed E-state index contributed by atoms with van der Waals surface area (Å²) in [6.07, 6.45) is 4.20. The van der Waals surface area contributed by atoms with Crippen LogP contribution in [0.5, 0.6) is 11.5 Å². The highest BCUT2D eigenvalue weighted by atomic mass is 16.6. The highest BCUT2D eigenvalue weighted by Crippen LogP contribution is 2.44. The molecule has 0 N–H and O–H groups in total. The zero-order valence-corrected chi connectivity index (χ0v) is 21.4. The van der Waals surface area contributed by atoms with Gasteiger partial charge in [0.2, 0.25) is 0 Å². The van der Waals surface area contributed by atoms with Crippen molar-refractivity contribution in [2.45, 2.75) is 0 Å². The van der Waals surface area contributed by atoms with Crippen molar-refractivity contribution in [3.05, 3.63) is 150 Å². The predicted octanol–water partition coefficient (Wildman–Crippen LogP) is 7.90. The van der Waals surface area contributed by atoms with Crippen molar-refractivity contribution in [1.82, 2.24) is 4.48 Å². The van der Waals surface area contributed by atoms with E-state index >= 15 is 0 Å². The first-order valence-electron chi connectivity index (χ1n) is 13.5. The van der Waals surface area contributed by atoms with Gasteiger partial charge in [0.1, 0.15) is 11.5 Å². The molecule has 3 aliphatic heterocycles. The number of aromatic nitrogens is 1. The van der Waals surface area contributed by atoms with E-state index in [9.17, 15) is 0 Å². The highest BCUT2D eigenvalue weighted by molar-refractivity contribution is 6.47. The Morgan fingerprint density at radius 2 is 1.12 bits per heavy atom. The molecule has 0 saturated carbocycles. The average Bonchev–Trinajstić information content (AvgIpc) is 3.65. The predicted molar refractivity (Wildman–Crippen MR) is 162 cm³/mol. The summed E-state index contributed by atoms with van der Waals surface area (Å²) in [6.45, 7) is 0. The first-order chi connectivity index (χ1) is 19.8. The van der Waals surface area contributed by atoms with Gasteiger partial charge in [0.15, 0.2) is 0 Å². The van der Waals surface area contributed by atoms with Crippen LogP contribution in [0.3, 0.4) is 0 Å². The van der Waals surface area contributed by atoms with Crippen LogP contribution < -0.4 is 9.31 Å². The van der Waals surface area contributed by atoms with Crippen LogP contribution in [0.25, 0.3) is 38.4 Å². The van der Waals surface area contributed by atoms with Crippen LogP contribution in [0.2, 0.25) is 0 Å². The summed E-state index contributed by atoms with van der Waals surface area (Å²) in [5.41, 5.74) is 7.98. The van der Waals surface area contributed by atoms with Crippen LogP contribution >= 0.6 is 0 Å². The Morgan fingerprint density at radius 1 is 0.550 bits per heavy atom. The number of hydrogen-bond donors (Lipinski definition) is 0. The Bertz CT molecular complexity index is 2120. The maximum Gasteiger partial charge on any atom is 0.743 e. The Balaban J connectivity index is 1.37. The van der Waals surface area contributed by atoms with E-state index in [1.54, 1.807) is 0 Å². The molecular weight excluding hydrogens is 491 g/mol. The minimum atomic E-state index is -0.703. The molecule has 6 aromatic rings. The SMILES string of the molecule is C1=C/C2=C(\c3ccccc3)c3ccc4n3B(Oc3cc5ccccc5cc3C1=N2)Oc1cc2ccccc2cc1-4. The second-order valence-corrected chi connectivity index (χ2v) is 10.4. The van der Waals surface area contributed by atoms with E-state index in [1.165, 1.54) is 5.39 Å². The maximum absolute atomic E-state index is 6.85. The minimum absolute atomic E-state index is 0.703. The lowest BCUT2D eigenvalue weighted by Gasteiger charge is -2.29. The van der Waals surface area contributed by atoms with Gasteiger partial charge in [0.05, 0.1) is 11.4 Å². The number of nitrogens with zero attached hydrogens (tertiary/aromatic N) is 2. The third kappa shape index (κ3) is 3.12. The first kappa shape index (κ1) is 21.6. The molecule has 0 fully saturated rings. The monoisotopic (exact) mass is 512 g/mol. The van der Waals surface area contributed by atoms with Crippen LogP contribution in [0.1, 0.15) is 16.8 Å². The average molecular weight is 512 g/mol. The standard InChI is InChI=1S/C35H21BN2O2/c1-2-8-22(9-3-1)35-30-15-14-29(37-30)27-18-23-10-4-6-12-25(23)20-33(27)39-36-38-31(16-17-32(35)38)28-19-24-11-5-7-13-26(24)21-34(28)40-36/h1-21H/b35-30-. The quantitative estimate of drug-likeness (QED) is 0.210. The molecule has 9 rings (SSSR count). The minimum Gasteiger partial charge on any atom is -0.506 e. The summed E-state index contributed by atoms with van der Waals surface area (Å²) in [5.74, 6) is 1.55. The van der Waals surface area contributed by atoms with E-state index in [-0.39, 0.29) is 0 Å². The summed E-state index contributed by atoms with van der Waals surface area (Å²) >= 11 is 0. The van der Waals surface area contributed by atoms with Crippen molar-refractivity contribution >= 4 is 40.1 Å². The van der Waals surface area contributed by atoms with Gasteiger partial charge in [-0.15, -0.1) is 0 Å². The largest absolute Gasteiger partial charge is 0.743 e. The zero-order valence-electron chi connectivity index (χ0n) is 21.4. The molecule has 0 radical (unpaired) electrons. The van der Waals surface area contributed by atoms with Crippen LogP contribution in [-0.4, -0.2) is 17.4 Å². The van der Waals surface area contributed by atoms with Crippen LogP contribution in [0.15, 0.2) is 138 Å². The lowest BCUT2D eigenvalue weighted by molar-refractivity contribution is 0.403. The van der Waals surface area contributed by atoms with Gasteiger partial charge in [-0.2, -0.15) is 0 Å². The molecule has 2 bridgehead atoms. The molecule has 186 valence electrons. The molecule has 5 aromatic carbocycles. The number of benzene rings is 5. The molecule has 40 heavy (non-hydrogen) atoms. The molecule has 3 aliphatic rings. The summed E-state index contributed by atoms with van der Waals surface area (Å²) in [4.78, 5) is 5.17. The van der Waals surface area contributed by atoms with Gasteiger partial charge in [-0.3, -0.25) is 0 Å². The van der Waals surface area contributed by atoms with E-state index in [0.29, 0.717) is 0 Å². The summed E-state index contributed by atoms with van der Waals surface area (Å²) in [5, 5.41) is 4.56. The Morgan fingerprint density at radius 3 is 1.82 bits per heavy atom. The fourth-order valence-corrected chi connectivity index (χ4v) is 6.16. The molecule has 4 heterocycles. The van der Waals surface area contributed by atoms with E-state index in [2.05, 4.69) is 126 Å². The number of aliphatic imine (C=N–C) groups is 1. The zero-order chi connectivity index (χ0) is 26.2. The second kappa shape index (κ2) is 8.11. The van der Waals surface area contributed by atoms with E-state index < -0.39 is 7.25 Å². The third-order valence-electron chi connectivity index (χ3n) is 8.05. The van der Waals surface area contributed by atoms with Crippen molar-refractivity contribution in [3.8, 4) is 22.8 Å². The highest BCUT2D eigenvalue weighted by Gasteiger charge is 2.40. The number of hydrogen-bond acceptors (Lipinski definition) is 3. The Labute approximate surface area is 231 Å². The van der Waals surface area contributed by atoms with Gasteiger partial charge in [-0.25, -0.2) is 4.99 Å². The normalized spacial score (nSPS) is 16.6. The molecule has 0 spiro atoms. The van der Waals surface area contributed by atoms with Crippen molar-refractivity contribution < 1.29 is 9.31 Å². The molecule has 0 aliphatic carbocycles.